The number of allylic oxidation sites excluding steroid dienone is 1. The molecule has 0 bridgehead atoms. The van der Waals surface area contributed by atoms with E-state index in [1.807, 2.05) is 36.4 Å². The average molecular weight is 271 g/mol. The van der Waals surface area contributed by atoms with Gasteiger partial charge in [-0.2, -0.15) is 0 Å². The van der Waals surface area contributed by atoms with Gasteiger partial charge < -0.3 is 10.5 Å². The van der Waals surface area contributed by atoms with Crippen LogP contribution in [-0.4, -0.2) is 6.26 Å². The fourth-order valence-corrected chi connectivity index (χ4v) is 2.22. The molecule has 0 fully saturated rings. The molecule has 0 spiro atoms. The monoisotopic (exact) mass is 271 g/mol. The van der Waals surface area contributed by atoms with Gasteiger partial charge >= 0.3 is 0 Å². The van der Waals surface area contributed by atoms with E-state index in [0.717, 1.165) is 29.2 Å². The van der Waals surface area contributed by atoms with Crippen LogP contribution in [0.15, 0.2) is 60.0 Å². The highest BCUT2D eigenvalue weighted by atomic mass is 32.2. The molecule has 2 aromatic carbocycles. The minimum atomic E-state index is 0.733. The van der Waals surface area contributed by atoms with E-state index in [4.69, 9.17) is 10.5 Å². The molecule has 0 saturated heterocycles. The summed E-state index contributed by atoms with van der Waals surface area (Å²) in [5.41, 5.74) is 7.53. The van der Waals surface area contributed by atoms with Gasteiger partial charge in [-0.05, 0) is 60.7 Å². The molecular weight excluding hydrogens is 254 g/mol. The van der Waals surface area contributed by atoms with Crippen molar-refractivity contribution in [1.29, 1.82) is 0 Å². The molecule has 0 atom stereocenters. The standard InChI is InChI=1S/C16H17NOS/c1-3-4-12-11-15(19-2)9-10-16(12)18-14-7-5-13(17)6-8-14/h3,5-11H,1,4,17H2,2H3. The lowest BCUT2D eigenvalue weighted by Crippen LogP contribution is -1.92. The predicted molar refractivity (Wildman–Crippen MR) is 83.1 cm³/mol. The molecule has 0 aromatic heterocycles. The number of nitrogen functional groups attached to an aromatic ring is 1. The third kappa shape index (κ3) is 3.55. The number of hydrogen-bond acceptors (Lipinski definition) is 3. The van der Waals surface area contributed by atoms with Crippen molar-refractivity contribution in [2.24, 2.45) is 0 Å². The first-order valence-corrected chi connectivity index (χ1v) is 7.26. The maximum absolute atomic E-state index is 5.90. The van der Waals surface area contributed by atoms with Crippen LogP contribution in [0.1, 0.15) is 5.56 Å². The summed E-state index contributed by atoms with van der Waals surface area (Å²) < 4.78 is 5.90. The summed E-state index contributed by atoms with van der Waals surface area (Å²) >= 11 is 1.72. The molecule has 0 heterocycles. The number of rotatable bonds is 5. The minimum Gasteiger partial charge on any atom is -0.457 e. The number of thioether (sulfide) groups is 1. The van der Waals surface area contributed by atoms with Crippen LogP contribution in [0.5, 0.6) is 11.5 Å². The first kappa shape index (κ1) is 13.6. The Morgan fingerprint density at radius 1 is 1.21 bits per heavy atom. The van der Waals surface area contributed by atoms with E-state index < -0.39 is 0 Å². The average Bonchev–Trinajstić information content (AvgIpc) is 2.43. The fourth-order valence-electron chi connectivity index (χ4n) is 1.76. The third-order valence-corrected chi connectivity index (χ3v) is 3.47. The van der Waals surface area contributed by atoms with Crippen molar-refractivity contribution in [3.8, 4) is 11.5 Å². The van der Waals surface area contributed by atoms with E-state index in [1.165, 1.54) is 4.90 Å². The molecule has 0 aliphatic rings. The summed E-state index contributed by atoms with van der Waals surface area (Å²) in [4.78, 5) is 1.22. The largest absolute Gasteiger partial charge is 0.457 e. The molecule has 0 radical (unpaired) electrons. The Morgan fingerprint density at radius 3 is 2.58 bits per heavy atom. The molecule has 3 heteroatoms. The summed E-state index contributed by atoms with van der Waals surface area (Å²) in [6, 6.07) is 13.6. The number of benzene rings is 2. The zero-order chi connectivity index (χ0) is 13.7. The van der Waals surface area contributed by atoms with Crippen molar-refractivity contribution in [1.82, 2.24) is 0 Å². The van der Waals surface area contributed by atoms with Crippen molar-refractivity contribution >= 4 is 17.4 Å². The van der Waals surface area contributed by atoms with Crippen molar-refractivity contribution in [3.05, 3.63) is 60.7 Å². The van der Waals surface area contributed by atoms with Crippen LogP contribution in [0.3, 0.4) is 0 Å². The Hall–Kier alpha value is -1.87. The molecule has 19 heavy (non-hydrogen) atoms. The SMILES string of the molecule is C=CCc1cc(SC)ccc1Oc1ccc(N)cc1. The highest BCUT2D eigenvalue weighted by molar-refractivity contribution is 7.98. The molecule has 0 saturated carbocycles. The molecule has 0 amide bonds. The van der Waals surface area contributed by atoms with Crippen LogP contribution >= 0.6 is 11.8 Å². The van der Waals surface area contributed by atoms with Gasteiger partial charge in [-0.15, -0.1) is 18.3 Å². The van der Waals surface area contributed by atoms with E-state index in [9.17, 15) is 0 Å². The minimum absolute atomic E-state index is 0.733. The van der Waals surface area contributed by atoms with Crippen molar-refractivity contribution in [2.45, 2.75) is 11.3 Å². The first-order chi connectivity index (χ1) is 9.22. The quantitative estimate of drug-likeness (QED) is 0.493. The second kappa shape index (κ2) is 6.34. The van der Waals surface area contributed by atoms with E-state index in [-0.39, 0.29) is 0 Å². The van der Waals surface area contributed by atoms with Crippen LogP contribution in [0.4, 0.5) is 5.69 Å². The first-order valence-electron chi connectivity index (χ1n) is 6.04. The third-order valence-electron chi connectivity index (χ3n) is 2.74. The van der Waals surface area contributed by atoms with E-state index in [1.54, 1.807) is 11.8 Å². The molecular formula is C16H17NOS. The smallest absolute Gasteiger partial charge is 0.131 e. The highest BCUT2D eigenvalue weighted by Gasteiger charge is 2.05. The molecule has 0 aliphatic carbocycles. The second-order valence-corrected chi connectivity index (χ2v) is 5.02. The van der Waals surface area contributed by atoms with Crippen molar-refractivity contribution in [3.63, 3.8) is 0 Å². The zero-order valence-electron chi connectivity index (χ0n) is 10.9. The van der Waals surface area contributed by atoms with Gasteiger partial charge in [0.2, 0.25) is 0 Å². The van der Waals surface area contributed by atoms with Crippen LogP contribution < -0.4 is 10.5 Å². The van der Waals surface area contributed by atoms with Gasteiger partial charge in [-0.25, -0.2) is 0 Å². The van der Waals surface area contributed by atoms with Crippen molar-refractivity contribution in [2.75, 3.05) is 12.0 Å². The maximum Gasteiger partial charge on any atom is 0.131 e. The summed E-state index contributed by atoms with van der Waals surface area (Å²) in [5.74, 6) is 1.65. The van der Waals surface area contributed by atoms with Gasteiger partial charge in [0.1, 0.15) is 11.5 Å². The molecule has 2 N–H and O–H groups in total. The Labute approximate surface area is 118 Å². The predicted octanol–water partition coefficient (Wildman–Crippen LogP) is 4.51. The summed E-state index contributed by atoms with van der Waals surface area (Å²) in [7, 11) is 0. The van der Waals surface area contributed by atoms with Gasteiger partial charge in [-0.3, -0.25) is 0 Å². The Balaban J connectivity index is 2.27. The van der Waals surface area contributed by atoms with Gasteiger partial charge in [-0.1, -0.05) is 6.08 Å². The van der Waals surface area contributed by atoms with Crippen LogP contribution in [0.25, 0.3) is 0 Å². The summed E-state index contributed by atoms with van der Waals surface area (Å²) in [6.07, 6.45) is 4.74. The second-order valence-electron chi connectivity index (χ2n) is 4.14. The van der Waals surface area contributed by atoms with E-state index in [2.05, 4.69) is 25.0 Å². The molecule has 2 nitrogen and oxygen atoms in total. The molecule has 0 aliphatic heterocycles. The fraction of sp³-hybridized carbons (Fsp3) is 0.125. The number of ether oxygens (including phenoxy) is 1. The Bertz CT molecular complexity index is 563. The zero-order valence-corrected chi connectivity index (χ0v) is 11.7. The normalized spacial score (nSPS) is 10.2. The lowest BCUT2D eigenvalue weighted by Gasteiger charge is -2.11. The number of hydrogen-bond donors (Lipinski definition) is 1. The molecule has 0 unspecified atom stereocenters. The maximum atomic E-state index is 5.90. The van der Waals surface area contributed by atoms with Crippen LogP contribution in [-0.2, 0) is 6.42 Å². The number of nitrogens with two attached hydrogens (primary N) is 1. The Kier molecular flexibility index (Phi) is 4.53. The molecule has 2 rings (SSSR count). The van der Waals surface area contributed by atoms with Gasteiger partial charge in [0.25, 0.3) is 0 Å². The summed E-state index contributed by atoms with van der Waals surface area (Å²) in [6.45, 7) is 3.79. The molecule has 2 aromatic rings. The lowest BCUT2D eigenvalue weighted by atomic mass is 10.1. The van der Waals surface area contributed by atoms with Gasteiger partial charge in [0.05, 0.1) is 0 Å². The van der Waals surface area contributed by atoms with Gasteiger partial charge in [0, 0.05) is 10.6 Å². The van der Waals surface area contributed by atoms with Gasteiger partial charge in [0.15, 0.2) is 0 Å². The molecule has 98 valence electrons. The topological polar surface area (TPSA) is 35.2 Å². The Morgan fingerprint density at radius 2 is 1.95 bits per heavy atom. The van der Waals surface area contributed by atoms with Crippen LogP contribution in [0, 0.1) is 0 Å². The number of anilines is 1. The van der Waals surface area contributed by atoms with E-state index >= 15 is 0 Å². The highest BCUT2D eigenvalue weighted by Crippen LogP contribution is 2.29. The lowest BCUT2D eigenvalue weighted by molar-refractivity contribution is 0.477. The van der Waals surface area contributed by atoms with Crippen molar-refractivity contribution < 1.29 is 4.74 Å². The van der Waals surface area contributed by atoms with Crippen LogP contribution in [0.2, 0.25) is 0 Å². The summed E-state index contributed by atoms with van der Waals surface area (Å²) in [5, 5.41) is 0. The van der Waals surface area contributed by atoms with E-state index in [0.29, 0.717) is 0 Å².